The number of methoxy groups -OCH3 is 1. The molecule has 0 amide bonds. The van der Waals surface area contributed by atoms with E-state index in [1.807, 2.05) is 31.2 Å². The standard InChI is InChI=1S/C14H17N3OS/c1-9(18-2)7-17-13-10-5-3-4-6-12(10)16-8-11(13)14(15)19/h3-6,8-9H,7H2,1-2H3,(H2,15,19)(H,16,17). The highest BCUT2D eigenvalue weighted by Gasteiger charge is 2.11. The zero-order chi connectivity index (χ0) is 13.8. The number of aromatic nitrogens is 1. The molecule has 0 spiro atoms. The highest BCUT2D eigenvalue weighted by molar-refractivity contribution is 7.80. The van der Waals surface area contributed by atoms with Gasteiger partial charge in [0.15, 0.2) is 0 Å². The van der Waals surface area contributed by atoms with Crippen LogP contribution in [0.1, 0.15) is 12.5 Å². The normalized spacial score (nSPS) is 12.3. The minimum atomic E-state index is 0.103. The number of anilines is 1. The Hall–Kier alpha value is -1.72. The lowest BCUT2D eigenvalue weighted by Gasteiger charge is -2.16. The van der Waals surface area contributed by atoms with Gasteiger partial charge in [-0.3, -0.25) is 4.98 Å². The first-order valence-corrected chi connectivity index (χ1v) is 6.48. The molecule has 1 unspecified atom stereocenters. The largest absolute Gasteiger partial charge is 0.389 e. The predicted molar refractivity (Wildman–Crippen MR) is 82.6 cm³/mol. The van der Waals surface area contributed by atoms with Crippen molar-refractivity contribution in [2.45, 2.75) is 13.0 Å². The van der Waals surface area contributed by atoms with Gasteiger partial charge in [-0.2, -0.15) is 0 Å². The summed E-state index contributed by atoms with van der Waals surface area (Å²) in [6.45, 7) is 2.68. The monoisotopic (exact) mass is 275 g/mol. The van der Waals surface area contributed by atoms with Gasteiger partial charge in [0.2, 0.25) is 0 Å². The first-order chi connectivity index (χ1) is 9.13. The van der Waals surface area contributed by atoms with E-state index in [-0.39, 0.29) is 6.10 Å². The molecule has 3 N–H and O–H groups in total. The third-order valence-electron chi connectivity index (χ3n) is 3.01. The molecular weight excluding hydrogens is 258 g/mol. The molecule has 0 aliphatic rings. The van der Waals surface area contributed by atoms with Crippen molar-refractivity contribution >= 4 is 33.8 Å². The lowest BCUT2D eigenvalue weighted by molar-refractivity contribution is 0.129. The van der Waals surface area contributed by atoms with Crippen LogP contribution in [0.5, 0.6) is 0 Å². The van der Waals surface area contributed by atoms with Crippen LogP contribution in [0.3, 0.4) is 0 Å². The molecule has 4 nitrogen and oxygen atoms in total. The van der Waals surface area contributed by atoms with Crippen LogP contribution in [0, 0.1) is 0 Å². The highest BCUT2D eigenvalue weighted by atomic mass is 32.1. The maximum absolute atomic E-state index is 5.76. The number of benzene rings is 1. The molecule has 1 heterocycles. The first kappa shape index (κ1) is 13.7. The van der Waals surface area contributed by atoms with Crippen LogP contribution >= 0.6 is 12.2 Å². The number of ether oxygens (including phenoxy) is 1. The highest BCUT2D eigenvalue weighted by Crippen LogP contribution is 2.25. The average molecular weight is 275 g/mol. The third-order valence-corrected chi connectivity index (χ3v) is 3.23. The van der Waals surface area contributed by atoms with Gasteiger partial charge in [-0.15, -0.1) is 0 Å². The topological polar surface area (TPSA) is 60.2 Å². The molecule has 2 aromatic rings. The summed E-state index contributed by atoms with van der Waals surface area (Å²) in [4.78, 5) is 4.71. The summed E-state index contributed by atoms with van der Waals surface area (Å²) in [6, 6.07) is 7.89. The van der Waals surface area contributed by atoms with Crippen molar-refractivity contribution in [1.82, 2.24) is 4.98 Å². The van der Waals surface area contributed by atoms with Crippen LogP contribution in [-0.2, 0) is 4.74 Å². The van der Waals surface area contributed by atoms with Crippen molar-refractivity contribution < 1.29 is 4.74 Å². The third kappa shape index (κ3) is 3.00. The van der Waals surface area contributed by atoms with E-state index in [0.717, 1.165) is 22.2 Å². The fourth-order valence-electron chi connectivity index (χ4n) is 1.85. The van der Waals surface area contributed by atoms with E-state index in [0.29, 0.717) is 11.5 Å². The van der Waals surface area contributed by atoms with Gasteiger partial charge in [-0.25, -0.2) is 0 Å². The summed E-state index contributed by atoms with van der Waals surface area (Å²) in [5.74, 6) is 0. The quantitative estimate of drug-likeness (QED) is 0.820. The molecule has 0 saturated heterocycles. The van der Waals surface area contributed by atoms with Crippen molar-refractivity contribution in [2.24, 2.45) is 5.73 Å². The molecule has 19 heavy (non-hydrogen) atoms. The van der Waals surface area contributed by atoms with Crippen LogP contribution in [0.15, 0.2) is 30.5 Å². The number of para-hydroxylation sites is 1. The van der Waals surface area contributed by atoms with Gasteiger partial charge in [-0.05, 0) is 13.0 Å². The summed E-state index contributed by atoms with van der Waals surface area (Å²) in [6.07, 6.45) is 1.82. The SMILES string of the molecule is COC(C)CNc1c(C(N)=S)cnc2ccccc12. The molecule has 5 heteroatoms. The zero-order valence-electron chi connectivity index (χ0n) is 11.0. The Labute approximate surface area is 118 Å². The molecule has 0 bridgehead atoms. The number of nitrogens with zero attached hydrogens (tertiary/aromatic N) is 1. The van der Waals surface area contributed by atoms with E-state index in [1.54, 1.807) is 13.3 Å². The van der Waals surface area contributed by atoms with Gasteiger partial charge >= 0.3 is 0 Å². The zero-order valence-corrected chi connectivity index (χ0v) is 11.8. The molecule has 0 fully saturated rings. The van der Waals surface area contributed by atoms with Gasteiger partial charge in [0.25, 0.3) is 0 Å². The van der Waals surface area contributed by atoms with E-state index in [1.165, 1.54) is 0 Å². The Morgan fingerprint density at radius 3 is 2.89 bits per heavy atom. The minimum Gasteiger partial charge on any atom is -0.389 e. The fourth-order valence-corrected chi connectivity index (χ4v) is 2.00. The molecule has 1 aromatic heterocycles. The van der Waals surface area contributed by atoms with Crippen LogP contribution in [0.4, 0.5) is 5.69 Å². The number of rotatable bonds is 5. The molecule has 2 rings (SSSR count). The summed E-state index contributed by atoms with van der Waals surface area (Å²) in [5, 5.41) is 4.37. The molecule has 100 valence electrons. The molecule has 0 radical (unpaired) electrons. The van der Waals surface area contributed by atoms with Crippen LogP contribution in [0.2, 0.25) is 0 Å². The second-order valence-corrected chi connectivity index (χ2v) is 4.80. The van der Waals surface area contributed by atoms with Crippen LogP contribution in [-0.4, -0.2) is 29.7 Å². The van der Waals surface area contributed by atoms with Gasteiger partial charge in [-0.1, -0.05) is 30.4 Å². The smallest absolute Gasteiger partial charge is 0.107 e. The molecule has 0 aliphatic carbocycles. The second kappa shape index (κ2) is 5.95. The molecule has 1 aromatic carbocycles. The Morgan fingerprint density at radius 1 is 1.47 bits per heavy atom. The summed E-state index contributed by atoms with van der Waals surface area (Å²) in [7, 11) is 1.69. The van der Waals surface area contributed by atoms with Gasteiger partial charge in [0.1, 0.15) is 4.99 Å². The Morgan fingerprint density at radius 2 is 2.21 bits per heavy atom. The number of nitrogens with one attached hydrogen (secondary N) is 1. The Kier molecular flexibility index (Phi) is 4.29. The lowest BCUT2D eigenvalue weighted by Crippen LogP contribution is -2.21. The Balaban J connectivity index is 2.46. The number of fused-ring (bicyclic) bond motifs is 1. The van der Waals surface area contributed by atoms with E-state index < -0.39 is 0 Å². The van der Waals surface area contributed by atoms with Gasteiger partial charge < -0.3 is 15.8 Å². The van der Waals surface area contributed by atoms with E-state index >= 15 is 0 Å². The van der Waals surface area contributed by atoms with Crippen molar-refractivity contribution in [3.63, 3.8) is 0 Å². The molecule has 0 saturated carbocycles. The van der Waals surface area contributed by atoms with Gasteiger partial charge in [0.05, 0.1) is 22.9 Å². The van der Waals surface area contributed by atoms with Crippen molar-refractivity contribution in [3.05, 3.63) is 36.0 Å². The molecular formula is C14H17N3OS. The van der Waals surface area contributed by atoms with Gasteiger partial charge in [0, 0.05) is 25.2 Å². The van der Waals surface area contributed by atoms with Crippen molar-refractivity contribution in [2.75, 3.05) is 19.0 Å². The number of nitrogens with two attached hydrogens (primary N) is 1. The number of hydrogen-bond acceptors (Lipinski definition) is 4. The lowest BCUT2D eigenvalue weighted by atomic mass is 10.1. The second-order valence-electron chi connectivity index (χ2n) is 4.36. The first-order valence-electron chi connectivity index (χ1n) is 6.07. The average Bonchev–Trinajstić information content (AvgIpc) is 2.43. The van der Waals surface area contributed by atoms with E-state index in [2.05, 4.69) is 10.3 Å². The van der Waals surface area contributed by atoms with Crippen LogP contribution < -0.4 is 11.1 Å². The molecule has 1 atom stereocenters. The van der Waals surface area contributed by atoms with E-state index in [9.17, 15) is 0 Å². The van der Waals surface area contributed by atoms with Crippen molar-refractivity contribution in [3.8, 4) is 0 Å². The van der Waals surface area contributed by atoms with Crippen molar-refractivity contribution in [1.29, 1.82) is 0 Å². The number of hydrogen-bond donors (Lipinski definition) is 2. The maximum atomic E-state index is 5.76. The number of thiocarbonyl (C=S) groups is 1. The summed E-state index contributed by atoms with van der Waals surface area (Å²) >= 11 is 5.09. The summed E-state index contributed by atoms with van der Waals surface area (Å²) in [5.41, 5.74) is 8.36. The van der Waals surface area contributed by atoms with E-state index in [4.69, 9.17) is 22.7 Å². The number of pyridine rings is 1. The van der Waals surface area contributed by atoms with Crippen LogP contribution in [0.25, 0.3) is 10.9 Å². The maximum Gasteiger partial charge on any atom is 0.107 e. The predicted octanol–water partition coefficient (Wildman–Crippen LogP) is 2.32. The fraction of sp³-hybridized carbons (Fsp3) is 0.286. The summed E-state index contributed by atoms with van der Waals surface area (Å²) < 4.78 is 5.24. The minimum absolute atomic E-state index is 0.103. The Bertz CT molecular complexity index is 600. The molecule has 0 aliphatic heterocycles.